The van der Waals surface area contributed by atoms with Crippen molar-refractivity contribution < 1.29 is 13.2 Å². The molecule has 2 aromatic carbocycles. The zero-order valence-corrected chi connectivity index (χ0v) is 12.8. The Hall–Kier alpha value is -2.05. The van der Waals surface area contributed by atoms with Gasteiger partial charge in [0, 0.05) is 6.54 Å². The van der Waals surface area contributed by atoms with Crippen LogP contribution in [0.5, 0.6) is 5.75 Å². The molecule has 0 radical (unpaired) electrons. The smallest absolute Gasteiger partial charge is 0.240 e. The molecule has 0 amide bonds. The van der Waals surface area contributed by atoms with Crippen LogP contribution in [0.1, 0.15) is 11.1 Å². The minimum atomic E-state index is -3.53. The molecule has 0 fully saturated rings. The first-order valence-corrected chi connectivity index (χ1v) is 7.89. The molecular formula is C15H18N2O3S. The molecule has 0 aliphatic carbocycles. The molecule has 6 heteroatoms. The number of aryl methyl sites for hydroxylation is 1. The molecule has 0 heterocycles. The van der Waals surface area contributed by atoms with Crippen LogP contribution < -0.4 is 15.2 Å². The Morgan fingerprint density at radius 3 is 2.38 bits per heavy atom. The van der Waals surface area contributed by atoms with Crippen LogP contribution in [0.15, 0.2) is 47.4 Å². The maximum Gasteiger partial charge on any atom is 0.240 e. The first kappa shape index (κ1) is 15.3. The first-order chi connectivity index (χ1) is 9.92. The number of hydrogen-bond donors (Lipinski definition) is 2. The van der Waals surface area contributed by atoms with Gasteiger partial charge in [0.1, 0.15) is 5.75 Å². The van der Waals surface area contributed by atoms with Crippen LogP contribution in [0.3, 0.4) is 0 Å². The third-order valence-corrected chi connectivity index (χ3v) is 4.51. The molecule has 0 unspecified atom stereocenters. The summed E-state index contributed by atoms with van der Waals surface area (Å²) in [5, 5.41) is 0. The van der Waals surface area contributed by atoms with E-state index < -0.39 is 10.0 Å². The predicted octanol–water partition coefficient (Wildman–Crippen LogP) is 2.06. The largest absolute Gasteiger partial charge is 0.495 e. The van der Waals surface area contributed by atoms with Crippen LogP contribution in [-0.2, 0) is 16.6 Å². The van der Waals surface area contributed by atoms with E-state index in [1.54, 1.807) is 42.5 Å². The molecular weight excluding hydrogens is 288 g/mol. The zero-order chi connectivity index (χ0) is 15.5. The molecule has 0 aliphatic rings. The van der Waals surface area contributed by atoms with Gasteiger partial charge < -0.3 is 10.5 Å². The van der Waals surface area contributed by atoms with Crippen LogP contribution in [0.4, 0.5) is 5.69 Å². The van der Waals surface area contributed by atoms with Gasteiger partial charge >= 0.3 is 0 Å². The summed E-state index contributed by atoms with van der Waals surface area (Å²) >= 11 is 0. The molecule has 2 rings (SSSR count). The number of nitrogens with two attached hydrogens (primary N) is 1. The third kappa shape index (κ3) is 3.74. The number of anilines is 1. The van der Waals surface area contributed by atoms with E-state index in [1.807, 2.05) is 6.92 Å². The Labute approximate surface area is 124 Å². The fourth-order valence-electron chi connectivity index (χ4n) is 1.87. The maximum absolute atomic E-state index is 12.2. The van der Waals surface area contributed by atoms with Crippen molar-refractivity contribution in [3.05, 3.63) is 53.6 Å². The summed E-state index contributed by atoms with van der Waals surface area (Å²) in [5.74, 6) is 0.570. The van der Waals surface area contributed by atoms with Crippen molar-refractivity contribution in [1.82, 2.24) is 4.72 Å². The SMILES string of the molecule is COc1ccc(CNS(=O)(=O)c2ccc(C)cc2)cc1N. The highest BCUT2D eigenvalue weighted by Crippen LogP contribution is 2.22. The summed E-state index contributed by atoms with van der Waals surface area (Å²) in [7, 11) is -1.99. The second-order valence-electron chi connectivity index (χ2n) is 4.71. The van der Waals surface area contributed by atoms with Crippen molar-refractivity contribution in [2.24, 2.45) is 0 Å². The van der Waals surface area contributed by atoms with Crippen LogP contribution in [0.25, 0.3) is 0 Å². The fourth-order valence-corrected chi connectivity index (χ4v) is 2.89. The summed E-state index contributed by atoms with van der Waals surface area (Å²) in [4.78, 5) is 0.245. The van der Waals surface area contributed by atoms with E-state index in [4.69, 9.17) is 10.5 Å². The van der Waals surface area contributed by atoms with E-state index in [-0.39, 0.29) is 11.4 Å². The first-order valence-electron chi connectivity index (χ1n) is 6.41. The van der Waals surface area contributed by atoms with Gasteiger partial charge in [0.25, 0.3) is 0 Å². The number of rotatable bonds is 5. The van der Waals surface area contributed by atoms with E-state index in [2.05, 4.69) is 4.72 Å². The van der Waals surface area contributed by atoms with E-state index in [0.29, 0.717) is 11.4 Å². The lowest BCUT2D eigenvalue weighted by molar-refractivity contribution is 0.417. The van der Waals surface area contributed by atoms with Crippen molar-refractivity contribution in [3.8, 4) is 5.75 Å². The lowest BCUT2D eigenvalue weighted by atomic mass is 10.2. The number of ether oxygens (including phenoxy) is 1. The van der Waals surface area contributed by atoms with E-state index in [1.165, 1.54) is 7.11 Å². The molecule has 0 saturated heterocycles. The molecule has 0 spiro atoms. The van der Waals surface area contributed by atoms with Gasteiger partial charge in [0.15, 0.2) is 0 Å². The molecule has 0 atom stereocenters. The Balaban J connectivity index is 2.11. The van der Waals surface area contributed by atoms with Gasteiger partial charge in [-0.1, -0.05) is 23.8 Å². The highest BCUT2D eigenvalue weighted by molar-refractivity contribution is 7.89. The lowest BCUT2D eigenvalue weighted by Gasteiger charge is -2.09. The standard InChI is InChI=1S/C15H18N2O3S/c1-11-3-6-13(7-4-11)21(18,19)17-10-12-5-8-15(20-2)14(16)9-12/h3-9,17H,10,16H2,1-2H3. The Morgan fingerprint density at radius 2 is 1.81 bits per heavy atom. The molecule has 5 nitrogen and oxygen atoms in total. The number of nitrogens with one attached hydrogen (secondary N) is 1. The number of hydrogen-bond acceptors (Lipinski definition) is 4. The number of benzene rings is 2. The Morgan fingerprint density at radius 1 is 1.14 bits per heavy atom. The summed E-state index contributed by atoms with van der Waals surface area (Å²) in [6.07, 6.45) is 0. The second kappa shape index (κ2) is 6.15. The summed E-state index contributed by atoms with van der Waals surface area (Å²) in [5.41, 5.74) is 8.05. The summed E-state index contributed by atoms with van der Waals surface area (Å²) in [6.45, 7) is 2.08. The molecule has 21 heavy (non-hydrogen) atoms. The van der Waals surface area contributed by atoms with Crippen molar-refractivity contribution in [3.63, 3.8) is 0 Å². The van der Waals surface area contributed by atoms with Gasteiger partial charge in [-0.2, -0.15) is 0 Å². The van der Waals surface area contributed by atoms with Gasteiger partial charge in [0.05, 0.1) is 17.7 Å². The minimum Gasteiger partial charge on any atom is -0.495 e. The topological polar surface area (TPSA) is 81.4 Å². The number of methoxy groups -OCH3 is 1. The Kier molecular flexibility index (Phi) is 4.50. The minimum absolute atomic E-state index is 0.171. The van der Waals surface area contributed by atoms with Gasteiger partial charge in [-0.05, 0) is 36.8 Å². The fraction of sp³-hybridized carbons (Fsp3) is 0.200. The highest BCUT2D eigenvalue weighted by atomic mass is 32.2. The highest BCUT2D eigenvalue weighted by Gasteiger charge is 2.13. The van der Waals surface area contributed by atoms with Crippen LogP contribution in [0.2, 0.25) is 0 Å². The van der Waals surface area contributed by atoms with Gasteiger partial charge in [-0.3, -0.25) is 0 Å². The van der Waals surface area contributed by atoms with E-state index in [0.717, 1.165) is 11.1 Å². The van der Waals surface area contributed by atoms with Crippen LogP contribution >= 0.6 is 0 Å². The predicted molar refractivity (Wildman–Crippen MR) is 82.6 cm³/mol. The maximum atomic E-state index is 12.2. The summed E-state index contributed by atoms with van der Waals surface area (Å²) in [6, 6.07) is 11.9. The van der Waals surface area contributed by atoms with Crippen molar-refractivity contribution in [2.75, 3.05) is 12.8 Å². The van der Waals surface area contributed by atoms with Crippen molar-refractivity contribution >= 4 is 15.7 Å². The van der Waals surface area contributed by atoms with Crippen molar-refractivity contribution in [1.29, 1.82) is 0 Å². The number of sulfonamides is 1. The third-order valence-electron chi connectivity index (χ3n) is 3.09. The quantitative estimate of drug-likeness (QED) is 0.829. The second-order valence-corrected chi connectivity index (χ2v) is 6.48. The molecule has 0 aromatic heterocycles. The van der Waals surface area contributed by atoms with Crippen LogP contribution in [-0.4, -0.2) is 15.5 Å². The monoisotopic (exact) mass is 306 g/mol. The van der Waals surface area contributed by atoms with E-state index in [9.17, 15) is 8.42 Å². The average molecular weight is 306 g/mol. The molecule has 112 valence electrons. The van der Waals surface area contributed by atoms with Gasteiger partial charge in [-0.15, -0.1) is 0 Å². The summed E-state index contributed by atoms with van der Waals surface area (Å²) < 4.78 is 31.9. The van der Waals surface area contributed by atoms with Gasteiger partial charge in [0.2, 0.25) is 10.0 Å². The van der Waals surface area contributed by atoms with Crippen LogP contribution in [0, 0.1) is 6.92 Å². The molecule has 0 aliphatic heterocycles. The van der Waals surface area contributed by atoms with Crippen molar-refractivity contribution in [2.45, 2.75) is 18.4 Å². The number of nitrogen functional groups attached to an aromatic ring is 1. The van der Waals surface area contributed by atoms with Gasteiger partial charge in [-0.25, -0.2) is 13.1 Å². The molecule has 3 N–H and O–H groups in total. The normalized spacial score (nSPS) is 11.3. The Bertz CT molecular complexity index is 725. The molecule has 0 saturated carbocycles. The lowest BCUT2D eigenvalue weighted by Crippen LogP contribution is -2.23. The zero-order valence-electron chi connectivity index (χ0n) is 12.0. The molecule has 2 aromatic rings. The average Bonchev–Trinajstić information content (AvgIpc) is 2.46. The van der Waals surface area contributed by atoms with E-state index >= 15 is 0 Å². The molecule has 0 bridgehead atoms.